The molecule has 0 saturated heterocycles. The lowest BCUT2D eigenvalue weighted by molar-refractivity contribution is 0.198. The summed E-state index contributed by atoms with van der Waals surface area (Å²) in [5.41, 5.74) is 2.18. The maximum absolute atomic E-state index is 10.3. The zero-order chi connectivity index (χ0) is 12.6. The molecule has 6 nitrogen and oxygen atoms in total. The Balaban J connectivity index is 2.42. The highest BCUT2D eigenvalue weighted by Crippen LogP contribution is 2.28. The van der Waals surface area contributed by atoms with E-state index in [1.54, 1.807) is 29.7 Å². The van der Waals surface area contributed by atoms with Crippen LogP contribution in [0.4, 0.5) is 0 Å². The zero-order valence-electron chi connectivity index (χ0n) is 10.4. The summed E-state index contributed by atoms with van der Waals surface area (Å²) in [7, 11) is 5.15. The second-order valence-electron chi connectivity index (χ2n) is 3.96. The quantitative estimate of drug-likeness (QED) is 0.845. The molecule has 1 N–H and O–H groups in total. The molecule has 0 radical (unpaired) electrons. The standard InChI is InChI=1S/C11H16N4O2/c1-7-5-8(13-14(7)2)11(16)10-9(17-4)6-12-15(10)3/h5-6,11,16H,1-4H3. The average molecular weight is 236 g/mol. The van der Waals surface area contributed by atoms with E-state index in [2.05, 4.69) is 10.2 Å². The van der Waals surface area contributed by atoms with Crippen molar-refractivity contribution in [2.24, 2.45) is 14.1 Å². The minimum absolute atomic E-state index is 0.559. The first-order chi connectivity index (χ1) is 8.04. The highest BCUT2D eigenvalue weighted by atomic mass is 16.5. The number of hydrogen-bond donors (Lipinski definition) is 1. The van der Waals surface area contributed by atoms with Crippen molar-refractivity contribution in [2.75, 3.05) is 7.11 Å². The highest BCUT2D eigenvalue weighted by Gasteiger charge is 2.22. The topological polar surface area (TPSA) is 65.1 Å². The van der Waals surface area contributed by atoms with Gasteiger partial charge in [-0.15, -0.1) is 0 Å². The highest BCUT2D eigenvalue weighted by molar-refractivity contribution is 5.32. The van der Waals surface area contributed by atoms with Crippen LogP contribution in [0.25, 0.3) is 0 Å². The molecule has 0 fully saturated rings. The van der Waals surface area contributed by atoms with Gasteiger partial charge in [-0.05, 0) is 13.0 Å². The molecular weight excluding hydrogens is 220 g/mol. The van der Waals surface area contributed by atoms with Crippen molar-refractivity contribution >= 4 is 0 Å². The third-order valence-electron chi connectivity index (χ3n) is 2.84. The van der Waals surface area contributed by atoms with Crippen LogP contribution in [0.1, 0.15) is 23.2 Å². The Morgan fingerprint density at radius 2 is 2.06 bits per heavy atom. The number of aliphatic hydroxyl groups excluding tert-OH is 1. The third-order valence-corrected chi connectivity index (χ3v) is 2.84. The van der Waals surface area contributed by atoms with Gasteiger partial charge in [0.15, 0.2) is 5.75 Å². The molecule has 6 heteroatoms. The largest absolute Gasteiger partial charge is 0.493 e. The SMILES string of the molecule is COc1cnn(C)c1C(O)c1cc(C)n(C)n1. The van der Waals surface area contributed by atoms with Crippen LogP contribution in [0.5, 0.6) is 5.75 Å². The monoisotopic (exact) mass is 236 g/mol. The van der Waals surface area contributed by atoms with E-state index in [0.717, 1.165) is 5.69 Å². The van der Waals surface area contributed by atoms with E-state index in [9.17, 15) is 5.11 Å². The van der Waals surface area contributed by atoms with Gasteiger partial charge in [-0.2, -0.15) is 10.2 Å². The molecule has 92 valence electrons. The summed E-state index contributed by atoms with van der Waals surface area (Å²) in [6.45, 7) is 1.93. The molecule has 1 unspecified atom stereocenters. The van der Waals surface area contributed by atoms with E-state index < -0.39 is 6.10 Å². The van der Waals surface area contributed by atoms with Crippen LogP contribution < -0.4 is 4.74 Å². The molecule has 2 aromatic rings. The number of aliphatic hydroxyl groups is 1. The number of rotatable bonds is 3. The van der Waals surface area contributed by atoms with Gasteiger partial charge < -0.3 is 9.84 Å². The molecule has 0 saturated carbocycles. The summed E-state index contributed by atoms with van der Waals surface area (Å²) in [5, 5.41) is 18.6. The molecule has 0 amide bonds. The molecule has 0 aromatic carbocycles. The Morgan fingerprint density at radius 3 is 2.59 bits per heavy atom. The summed E-state index contributed by atoms with van der Waals surface area (Å²) in [4.78, 5) is 0. The first kappa shape index (κ1) is 11.7. The zero-order valence-corrected chi connectivity index (χ0v) is 10.4. The van der Waals surface area contributed by atoms with Crippen LogP contribution in [0.15, 0.2) is 12.3 Å². The van der Waals surface area contributed by atoms with Crippen molar-refractivity contribution in [1.29, 1.82) is 0 Å². The average Bonchev–Trinajstić information content (AvgIpc) is 2.82. The van der Waals surface area contributed by atoms with Gasteiger partial charge in [-0.25, -0.2) is 0 Å². The van der Waals surface area contributed by atoms with Gasteiger partial charge in [0, 0.05) is 19.8 Å². The minimum atomic E-state index is -0.836. The Bertz CT molecular complexity index is 510. The number of methoxy groups -OCH3 is 1. The maximum atomic E-state index is 10.3. The number of nitrogens with zero attached hydrogens (tertiary/aromatic N) is 4. The fourth-order valence-electron chi connectivity index (χ4n) is 1.76. The summed E-state index contributed by atoms with van der Waals surface area (Å²) >= 11 is 0. The van der Waals surface area contributed by atoms with Crippen molar-refractivity contribution in [3.63, 3.8) is 0 Å². The van der Waals surface area contributed by atoms with Gasteiger partial charge in [0.05, 0.1) is 19.0 Å². The van der Waals surface area contributed by atoms with Gasteiger partial charge in [-0.3, -0.25) is 9.36 Å². The van der Waals surface area contributed by atoms with E-state index in [1.807, 2.05) is 20.0 Å². The van der Waals surface area contributed by atoms with Crippen LogP contribution in [-0.2, 0) is 14.1 Å². The van der Waals surface area contributed by atoms with Gasteiger partial charge in [0.2, 0.25) is 0 Å². The molecule has 0 aliphatic carbocycles. The Hall–Kier alpha value is -1.82. The first-order valence-electron chi connectivity index (χ1n) is 5.29. The van der Waals surface area contributed by atoms with Crippen molar-refractivity contribution in [3.8, 4) is 5.75 Å². The van der Waals surface area contributed by atoms with Gasteiger partial charge in [0.1, 0.15) is 11.8 Å². The summed E-state index contributed by atoms with van der Waals surface area (Å²) in [6.07, 6.45) is 0.742. The van der Waals surface area contributed by atoms with Crippen molar-refractivity contribution < 1.29 is 9.84 Å². The normalized spacial score (nSPS) is 12.8. The summed E-state index contributed by atoms with van der Waals surface area (Å²) in [5.74, 6) is 0.559. The van der Waals surface area contributed by atoms with Gasteiger partial charge >= 0.3 is 0 Å². The van der Waals surface area contributed by atoms with E-state index >= 15 is 0 Å². The van der Waals surface area contributed by atoms with Crippen LogP contribution in [-0.4, -0.2) is 31.8 Å². The first-order valence-corrected chi connectivity index (χ1v) is 5.29. The minimum Gasteiger partial charge on any atom is -0.493 e. The Morgan fingerprint density at radius 1 is 1.35 bits per heavy atom. The van der Waals surface area contributed by atoms with Crippen molar-refractivity contribution in [2.45, 2.75) is 13.0 Å². The molecule has 2 heterocycles. The number of aryl methyl sites for hydroxylation is 3. The summed E-state index contributed by atoms with van der Waals surface area (Å²) in [6, 6.07) is 1.84. The fourth-order valence-corrected chi connectivity index (χ4v) is 1.76. The Kier molecular flexibility index (Phi) is 2.89. The molecule has 0 bridgehead atoms. The molecule has 2 rings (SSSR count). The second-order valence-corrected chi connectivity index (χ2v) is 3.96. The van der Waals surface area contributed by atoms with Crippen LogP contribution in [0.3, 0.4) is 0 Å². The second kappa shape index (κ2) is 4.21. The molecule has 0 spiro atoms. The van der Waals surface area contributed by atoms with Gasteiger partial charge in [-0.1, -0.05) is 0 Å². The maximum Gasteiger partial charge on any atom is 0.163 e. The van der Waals surface area contributed by atoms with Crippen LogP contribution >= 0.6 is 0 Å². The molecule has 0 aliphatic heterocycles. The van der Waals surface area contributed by atoms with E-state index in [1.165, 1.54) is 0 Å². The van der Waals surface area contributed by atoms with Crippen LogP contribution in [0, 0.1) is 6.92 Å². The molecule has 17 heavy (non-hydrogen) atoms. The lowest BCUT2D eigenvalue weighted by Gasteiger charge is -2.10. The molecule has 1 atom stereocenters. The van der Waals surface area contributed by atoms with E-state index in [-0.39, 0.29) is 0 Å². The number of hydrogen-bond acceptors (Lipinski definition) is 4. The lowest BCUT2D eigenvalue weighted by atomic mass is 10.1. The smallest absolute Gasteiger partial charge is 0.163 e. The number of aromatic nitrogens is 4. The predicted octanol–water partition coefficient (Wildman–Crippen LogP) is 0.552. The molecular formula is C11H16N4O2. The Labute approximate surface area is 99.4 Å². The van der Waals surface area contributed by atoms with Crippen molar-refractivity contribution in [1.82, 2.24) is 19.6 Å². The molecule has 2 aromatic heterocycles. The third kappa shape index (κ3) is 1.91. The van der Waals surface area contributed by atoms with E-state index in [4.69, 9.17) is 4.74 Å². The number of ether oxygens (including phenoxy) is 1. The lowest BCUT2D eigenvalue weighted by Crippen LogP contribution is -2.09. The van der Waals surface area contributed by atoms with Crippen LogP contribution in [0.2, 0.25) is 0 Å². The molecule has 0 aliphatic rings. The summed E-state index contributed by atoms with van der Waals surface area (Å²) < 4.78 is 8.48. The van der Waals surface area contributed by atoms with E-state index in [0.29, 0.717) is 17.1 Å². The van der Waals surface area contributed by atoms with Crippen molar-refractivity contribution in [3.05, 3.63) is 29.3 Å². The predicted molar refractivity (Wildman–Crippen MR) is 61.8 cm³/mol. The fraction of sp³-hybridized carbons (Fsp3) is 0.455. The van der Waals surface area contributed by atoms with Gasteiger partial charge in [0.25, 0.3) is 0 Å².